The van der Waals surface area contributed by atoms with E-state index < -0.39 is 0 Å². The Bertz CT molecular complexity index is 393. The molecule has 94 valence electrons. The summed E-state index contributed by atoms with van der Waals surface area (Å²) in [6.45, 7) is 5.47. The van der Waals surface area contributed by atoms with Crippen molar-refractivity contribution in [3.63, 3.8) is 0 Å². The number of unbranched alkanes of at least 4 members (excludes halogenated alkanes) is 1. The first-order valence-corrected chi connectivity index (χ1v) is 6.95. The molecule has 1 rings (SSSR count). The maximum absolute atomic E-state index is 12.2. The lowest BCUT2D eigenvalue weighted by molar-refractivity contribution is 0.0759. The molecule has 4 heteroatoms. The molecule has 0 aliphatic rings. The molecule has 1 amide bonds. The minimum atomic E-state index is -0.0861. The summed E-state index contributed by atoms with van der Waals surface area (Å²) in [5.74, 6) is -0.0256. The first kappa shape index (κ1) is 14.3. The summed E-state index contributed by atoms with van der Waals surface area (Å²) in [5, 5.41) is 9.72. The van der Waals surface area contributed by atoms with Crippen LogP contribution in [0.5, 0.6) is 5.75 Å². The van der Waals surface area contributed by atoms with Crippen molar-refractivity contribution in [2.75, 3.05) is 13.1 Å². The normalized spacial score (nSPS) is 10.3. The molecule has 0 unspecified atom stereocenters. The summed E-state index contributed by atoms with van der Waals surface area (Å²) >= 11 is 2.14. The Morgan fingerprint density at radius 1 is 1.41 bits per heavy atom. The average molecular weight is 347 g/mol. The fourth-order valence-corrected chi connectivity index (χ4v) is 2.09. The average Bonchev–Trinajstić information content (AvgIpc) is 2.33. The van der Waals surface area contributed by atoms with Gasteiger partial charge >= 0.3 is 0 Å². The molecule has 0 aromatic heterocycles. The first-order chi connectivity index (χ1) is 8.10. The lowest BCUT2D eigenvalue weighted by atomic mass is 10.1. The Kier molecular flexibility index (Phi) is 5.74. The summed E-state index contributed by atoms with van der Waals surface area (Å²) in [6, 6.07) is 5.09. The maximum Gasteiger partial charge on any atom is 0.257 e. The quantitative estimate of drug-likeness (QED) is 0.831. The number of halogens is 1. The van der Waals surface area contributed by atoms with Crippen LogP contribution >= 0.6 is 22.6 Å². The number of carbonyl (C=O) groups excluding carboxylic acids is 1. The monoisotopic (exact) mass is 347 g/mol. The van der Waals surface area contributed by atoms with E-state index in [2.05, 4.69) is 29.5 Å². The Morgan fingerprint density at radius 2 is 2.12 bits per heavy atom. The molecule has 0 saturated heterocycles. The van der Waals surface area contributed by atoms with Crippen molar-refractivity contribution < 1.29 is 9.90 Å². The summed E-state index contributed by atoms with van der Waals surface area (Å²) in [7, 11) is 0. The minimum absolute atomic E-state index is 0.0605. The third-order valence-electron chi connectivity index (χ3n) is 2.64. The molecule has 0 bridgehead atoms. The Labute approximate surface area is 116 Å². The molecule has 0 aliphatic carbocycles. The van der Waals surface area contributed by atoms with E-state index >= 15 is 0 Å². The van der Waals surface area contributed by atoms with Gasteiger partial charge in [0.2, 0.25) is 0 Å². The highest BCUT2D eigenvalue weighted by Gasteiger charge is 2.17. The van der Waals surface area contributed by atoms with Crippen LogP contribution in [0.15, 0.2) is 18.2 Å². The summed E-state index contributed by atoms with van der Waals surface area (Å²) < 4.78 is 0.954. The zero-order chi connectivity index (χ0) is 12.8. The summed E-state index contributed by atoms with van der Waals surface area (Å²) in [6.07, 6.45) is 2.05. The third kappa shape index (κ3) is 3.87. The zero-order valence-electron chi connectivity index (χ0n) is 10.2. The van der Waals surface area contributed by atoms with Gasteiger partial charge in [-0.1, -0.05) is 13.3 Å². The van der Waals surface area contributed by atoms with Gasteiger partial charge in [0.25, 0.3) is 5.91 Å². The highest BCUT2D eigenvalue weighted by Crippen LogP contribution is 2.21. The van der Waals surface area contributed by atoms with E-state index in [9.17, 15) is 9.90 Å². The predicted octanol–water partition coefficient (Wildman–Crippen LogP) is 3.26. The SMILES string of the molecule is CCCCN(CC)C(=O)c1cc(I)ccc1O. The molecule has 0 radical (unpaired) electrons. The molecular formula is C13H18INO2. The van der Waals surface area contributed by atoms with E-state index in [4.69, 9.17) is 0 Å². The first-order valence-electron chi connectivity index (χ1n) is 5.88. The van der Waals surface area contributed by atoms with Gasteiger partial charge in [-0.25, -0.2) is 0 Å². The predicted molar refractivity (Wildman–Crippen MR) is 77.3 cm³/mol. The van der Waals surface area contributed by atoms with Gasteiger partial charge in [-0.05, 0) is 54.1 Å². The van der Waals surface area contributed by atoms with Crippen molar-refractivity contribution in [1.29, 1.82) is 0 Å². The van der Waals surface area contributed by atoms with Gasteiger partial charge in [-0.2, -0.15) is 0 Å². The van der Waals surface area contributed by atoms with Crippen molar-refractivity contribution in [3.05, 3.63) is 27.3 Å². The standard InChI is InChI=1S/C13H18INO2/c1-3-5-8-15(4-2)13(17)11-9-10(14)6-7-12(11)16/h6-7,9,16H,3-5,8H2,1-2H3. The van der Waals surface area contributed by atoms with Crippen molar-refractivity contribution in [2.45, 2.75) is 26.7 Å². The lowest BCUT2D eigenvalue weighted by Crippen LogP contribution is -2.31. The molecule has 1 aromatic carbocycles. The van der Waals surface area contributed by atoms with Crippen LogP contribution in [0.2, 0.25) is 0 Å². The van der Waals surface area contributed by atoms with Crippen LogP contribution < -0.4 is 0 Å². The molecule has 1 aromatic rings. The van der Waals surface area contributed by atoms with Crippen molar-refractivity contribution in [2.24, 2.45) is 0 Å². The fraction of sp³-hybridized carbons (Fsp3) is 0.462. The van der Waals surface area contributed by atoms with Crippen LogP contribution in [0.3, 0.4) is 0 Å². The van der Waals surface area contributed by atoms with Gasteiger partial charge in [0.1, 0.15) is 5.75 Å². The number of hydrogen-bond donors (Lipinski definition) is 1. The van der Waals surface area contributed by atoms with Gasteiger partial charge in [0.15, 0.2) is 0 Å². The molecule has 3 nitrogen and oxygen atoms in total. The van der Waals surface area contributed by atoms with E-state index in [0.717, 1.165) is 23.0 Å². The molecular weight excluding hydrogens is 329 g/mol. The number of hydrogen-bond acceptors (Lipinski definition) is 2. The maximum atomic E-state index is 12.2. The smallest absolute Gasteiger partial charge is 0.257 e. The highest BCUT2D eigenvalue weighted by atomic mass is 127. The number of nitrogens with zero attached hydrogens (tertiary/aromatic N) is 1. The van der Waals surface area contributed by atoms with Gasteiger partial charge in [-0.15, -0.1) is 0 Å². The molecule has 0 fully saturated rings. The molecule has 0 spiro atoms. The number of aromatic hydroxyl groups is 1. The lowest BCUT2D eigenvalue weighted by Gasteiger charge is -2.21. The largest absolute Gasteiger partial charge is 0.507 e. The van der Waals surface area contributed by atoms with Gasteiger partial charge in [0.05, 0.1) is 5.56 Å². The van der Waals surface area contributed by atoms with Crippen LogP contribution in [-0.2, 0) is 0 Å². The third-order valence-corrected chi connectivity index (χ3v) is 3.31. The molecule has 1 N–H and O–H groups in total. The van der Waals surface area contributed by atoms with E-state index in [1.165, 1.54) is 0 Å². The van der Waals surface area contributed by atoms with Crippen molar-refractivity contribution in [1.82, 2.24) is 4.90 Å². The molecule has 0 atom stereocenters. The van der Waals surface area contributed by atoms with Crippen LogP contribution in [0.25, 0.3) is 0 Å². The van der Waals surface area contributed by atoms with Crippen molar-refractivity contribution >= 4 is 28.5 Å². The van der Waals surface area contributed by atoms with E-state index in [0.29, 0.717) is 12.1 Å². The van der Waals surface area contributed by atoms with Gasteiger partial charge in [-0.3, -0.25) is 4.79 Å². The Balaban J connectivity index is 2.89. The molecule has 0 aliphatic heterocycles. The number of phenolic OH excluding ortho intramolecular Hbond substituents is 1. The van der Waals surface area contributed by atoms with Gasteiger partial charge < -0.3 is 10.0 Å². The van der Waals surface area contributed by atoms with E-state index in [1.807, 2.05) is 6.92 Å². The fourth-order valence-electron chi connectivity index (χ4n) is 1.60. The number of benzene rings is 1. The molecule has 0 saturated carbocycles. The second kappa shape index (κ2) is 6.83. The molecule has 17 heavy (non-hydrogen) atoms. The van der Waals surface area contributed by atoms with E-state index in [-0.39, 0.29) is 11.7 Å². The second-order valence-electron chi connectivity index (χ2n) is 3.90. The zero-order valence-corrected chi connectivity index (χ0v) is 12.4. The van der Waals surface area contributed by atoms with Crippen LogP contribution in [-0.4, -0.2) is 29.0 Å². The Hall–Kier alpha value is -0.780. The van der Waals surface area contributed by atoms with Gasteiger partial charge in [0, 0.05) is 16.7 Å². The van der Waals surface area contributed by atoms with Crippen LogP contribution in [0, 0.1) is 3.57 Å². The van der Waals surface area contributed by atoms with Crippen molar-refractivity contribution in [3.8, 4) is 5.75 Å². The summed E-state index contributed by atoms with van der Waals surface area (Å²) in [5.41, 5.74) is 0.398. The number of phenols is 1. The minimum Gasteiger partial charge on any atom is -0.507 e. The van der Waals surface area contributed by atoms with E-state index in [1.54, 1.807) is 23.1 Å². The summed E-state index contributed by atoms with van der Waals surface area (Å²) in [4.78, 5) is 14.0. The Morgan fingerprint density at radius 3 is 2.71 bits per heavy atom. The number of amides is 1. The number of carbonyl (C=O) groups is 1. The van der Waals surface area contributed by atoms with Crippen LogP contribution in [0.4, 0.5) is 0 Å². The highest BCUT2D eigenvalue weighted by molar-refractivity contribution is 14.1. The second-order valence-corrected chi connectivity index (χ2v) is 5.15. The van der Waals surface area contributed by atoms with Crippen LogP contribution in [0.1, 0.15) is 37.0 Å². The molecule has 0 heterocycles. The number of rotatable bonds is 5. The topological polar surface area (TPSA) is 40.5 Å².